The lowest BCUT2D eigenvalue weighted by Gasteiger charge is -2.48. The van der Waals surface area contributed by atoms with Crippen molar-refractivity contribution in [1.82, 2.24) is 10.2 Å². The number of piperazine rings is 1. The van der Waals surface area contributed by atoms with Crippen LogP contribution in [0.1, 0.15) is 51.9 Å². The van der Waals surface area contributed by atoms with Gasteiger partial charge >= 0.3 is 0 Å². The van der Waals surface area contributed by atoms with Crippen molar-refractivity contribution in [2.75, 3.05) is 19.7 Å². The molecule has 19 heavy (non-hydrogen) atoms. The van der Waals surface area contributed by atoms with E-state index in [1.165, 1.54) is 58.0 Å². The topological polar surface area (TPSA) is 24.5 Å². The molecule has 2 heterocycles. The molecule has 108 valence electrons. The fraction of sp³-hybridized carbons (Fsp3) is 1.00. The van der Waals surface area contributed by atoms with Gasteiger partial charge < -0.3 is 10.1 Å². The highest BCUT2D eigenvalue weighted by atomic mass is 16.5. The van der Waals surface area contributed by atoms with Gasteiger partial charge in [0.15, 0.2) is 0 Å². The van der Waals surface area contributed by atoms with Gasteiger partial charge in [-0.1, -0.05) is 12.8 Å². The number of nitrogens with zero attached hydrogens (tertiary/aromatic N) is 1. The van der Waals surface area contributed by atoms with Crippen molar-refractivity contribution >= 4 is 0 Å². The van der Waals surface area contributed by atoms with Crippen LogP contribution in [0.3, 0.4) is 0 Å². The van der Waals surface area contributed by atoms with Crippen LogP contribution in [-0.2, 0) is 4.74 Å². The van der Waals surface area contributed by atoms with Gasteiger partial charge in [-0.15, -0.1) is 0 Å². The van der Waals surface area contributed by atoms with Crippen molar-refractivity contribution in [2.45, 2.75) is 75.6 Å². The average Bonchev–Trinajstić information content (AvgIpc) is 2.98. The first kappa shape index (κ1) is 12.6. The molecule has 2 saturated heterocycles. The summed E-state index contributed by atoms with van der Waals surface area (Å²) in [4.78, 5) is 2.82. The predicted molar refractivity (Wildman–Crippen MR) is 76.2 cm³/mol. The molecule has 0 bridgehead atoms. The standard InChI is InChI=1S/C16H28N2O/c1-12-10-17-16(7-2-3-8-16)11-18(12)14-6-9-19-15(14)13-4-5-13/h12-15,17H,2-11H2,1H3. The summed E-state index contributed by atoms with van der Waals surface area (Å²) in [6.07, 6.45) is 10.3. The van der Waals surface area contributed by atoms with E-state index in [2.05, 4.69) is 17.1 Å². The summed E-state index contributed by atoms with van der Waals surface area (Å²) < 4.78 is 6.08. The zero-order valence-corrected chi connectivity index (χ0v) is 12.2. The highest BCUT2D eigenvalue weighted by molar-refractivity contribution is 5.04. The zero-order valence-electron chi connectivity index (χ0n) is 12.2. The Hall–Kier alpha value is -0.120. The van der Waals surface area contributed by atoms with E-state index in [1.807, 2.05) is 0 Å². The summed E-state index contributed by atoms with van der Waals surface area (Å²) in [6.45, 7) is 5.84. The second-order valence-corrected chi connectivity index (χ2v) is 7.42. The third-order valence-corrected chi connectivity index (χ3v) is 6.00. The quantitative estimate of drug-likeness (QED) is 0.827. The minimum Gasteiger partial charge on any atom is -0.376 e. The van der Waals surface area contributed by atoms with E-state index in [4.69, 9.17) is 4.74 Å². The van der Waals surface area contributed by atoms with Crippen LogP contribution in [0.2, 0.25) is 0 Å². The van der Waals surface area contributed by atoms with Crippen LogP contribution in [0, 0.1) is 5.92 Å². The molecule has 3 heteroatoms. The van der Waals surface area contributed by atoms with Gasteiger partial charge in [0.25, 0.3) is 0 Å². The van der Waals surface area contributed by atoms with Crippen LogP contribution in [0.5, 0.6) is 0 Å². The lowest BCUT2D eigenvalue weighted by atomic mass is 9.90. The second-order valence-electron chi connectivity index (χ2n) is 7.42. The van der Waals surface area contributed by atoms with Crippen molar-refractivity contribution in [3.05, 3.63) is 0 Å². The fourth-order valence-electron chi connectivity index (χ4n) is 4.70. The molecular weight excluding hydrogens is 236 g/mol. The Morgan fingerprint density at radius 3 is 2.68 bits per heavy atom. The van der Waals surface area contributed by atoms with E-state index in [0.29, 0.717) is 23.7 Å². The molecule has 4 rings (SSSR count). The van der Waals surface area contributed by atoms with E-state index >= 15 is 0 Å². The zero-order chi connectivity index (χ0) is 12.9. The molecule has 4 aliphatic rings. The van der Waals surface area contributed by atoms with Crippen molar-refractivity contribution in [1.29, 1.82) is 0 Å². The van der Waals surface area contributed by atoms with E-state index in [0.717, 1.165) is 12.5 Å². The summed E-state index contributed by atoms with van der Waals surface area (Å²) in [5.41, 5.74) is 0.448. The highest BCUT2D eigenvalue weighted by Crippen LogP contribution is 2.42. The molecule has 3 atom stereocenters. The molecule has 0 aromatic heterocycles. The maximum Gasteiger partial charge on any atom is 0.0759 e. The average molecular weight is 264 g/mol. The van der Waals surface area contributed by atoms with Crippen LogP contribution < -0.4 is 5.32 Å². The fourth-order valence-corrected chi connectivity index (χ4v) is 4.70. The molecule has 3 nitrogen and oxygen atoms in total. The van der Waals surface area contributed by atoms with Gasteiger partial charge in [0.1, 0.15) is 0 Å². The third-order valence-electron chi connectivity index (χ3n) is 6.00. The molecule has 3 unspecified atom stereocenters. The minimum atomic E-state index is 0.448. The van der Waals surface area contributed by atoms with Gasteiger partial charge in [0.05, 0.1) is 6.10 Å². The highest BCUT2D eigenvalue weighted by Gasteiger charge is 2.48. The predicted octanol–water partition coefficient (Wildman–Crippen LogP) is 2.16. The maximum absolute atomic E-state index is 6.08. The molecule has 0 aromatic rings. The largest absolute Gasteiger partial charge is 0.376 e. The van der Waals surface area contributed by atoms with E-state index in [-0.39, 0.29) is 0 Å². The van der Waals surface area contributed by atoms with E-state index in [1.54, 1.807) is 0 Å². The van der Waals surface area contributed by atoms with Gasteiger partial charge in [0, 0.05) is 37.3 Å². The maximum atomic E-state index is 6.08. The summed E-state index contributed by atoms with van der Waals surface area (Å²) in [5.74, 6) is 0.883. The summed E-state index contributed by atoms with van der Waals surface area (Å²) >= 11 is 0. The van der Waals surface area contributed by atoms with Gasteiger partial charge in [-0.05, 0) is 44.9 Å². The Labute approximate surface area is 117 Å². The molecule has 0 radical (unpaired) electrons. The first-order valence-corrected chi connectivity index (χ1v) is 8.40. The Bertz CT molecular complexity index is 336. The van der Waals surface area contributed by atoms with Crippen LogP contribution in [-0.4, -0.2) is 48.3 Å². The van der Waals surface area contributed by atoms with Crippen molar-refractivity contribution in [3.63, 3.8) is 0 Å². The van der Waals surface area contributed by atoms with Crippen LogP contribution in [0.4, 0.5) is 0 Å². The summed E-state index contributed by atoms with van der Waals surface area (Å²) in [5, 5.41) is 3.87. The Morgan fingerprint density at radius 1 is 1.16 bits per heavy atom. The number of rotatable bonds is 2. The van der Waals surface area contributed by atoms with Crippen molar-refractivity contribution in [2.24, 2.45) is 5.92 Å². The van der Waals surface area contributed by atoms with Crippen molar-refractivity contribution < 1.29 is 4.74 Å². The molecule has 4 fully saturated rings. The molecule has 2 saturated carbocycles. The van der Waals surface area contributed by atoms with Crippen LogP contribution in [0.15, 0.2) is 0 Å². The number of hydrogen-bond donors (Lipinski definition) is 1. The Balaban J connectivity index is 1.51. The van der Waals surface area contributed by atoms with Crippen LogP contribution >= 0.6 is 0 Å². The molecule has 2 aliphatic heterocycles. The molecule has 2 aliphatic carbocycles. The van der Waals surface area contributed by atoms with Crippen molar-refractivity contribution in [3.8, 4) is 0 Å². The third kappa shape index (κ3) is 2.24. The molecular formula is C16H28N2O. The number of ether oxygens (including phenoxy) is 1. The van der Waals surface area contributed by atoms with Gasteiger partial charge in [-0.3, -0.25) is 4.90 Å². The summed E-state index contributed by atoms with van der Waals surface area (Å²) in [7, 11) is 0. The van der Waals surface area contributed by atoms with Gasteiger partial charge in [-0.2, -0.15) is 0 Å². The Morgan fingerprint density at radius 2 is 1.95 bits per heavy atom. The molecule has 0 amide bonds. The van der Waals surface area contributed by atoms with Gasteiger partial charge in [-0.25, -0.2) is 0 Å². The van der Waals surface area contributed by atoms with Gasteiger partial charge in [0.2, 0.25) is 0 Å². The molecule has 1 spiro atoms. The first-order valence-electron chi connectivity index (χ1n) is 8.40. The summed E-state index contributed by atoms with van der Waals surface area (Å²) in [6, 6.07) is 1.39. The van der Waals surface area contributed by atoms with Crippen LogP contribution in [0.25, 0.3) is 0 Å². The van der Waals surface area contributed by atoms with E-state index in [9.17, 15) is 0 Å². The normalized spacial score (nSPS) is 43.1. The second kappa shape index (κ2) is 4.71. The number of hydrogen-bond acceptors (Lipinski definition) is 3. The molecule has 0 aromatic carbocycles. The first-order chi connectivity index (χ1) is 9.27. The monoisotopic (exact) mass is 264 g/mol. The molecule has 1 N–H and O–H groups in total. The lowest BCUT2D eigenvalue weighted by Crippen LogP contribution is -2.65. The number of nitrogens with one attached hydrogen (secondary N) is 1. The van der Waals surface area contributed by atoms with E-state index < -0.39 is 0 Å². The SMILES string of the molecule is CC1CNC2(CCCC2)CN1C1CCOC1C1CC1. The Kier molecular flexibility index (Phi) is 3.13. The smallest absolute Gasteiger partial charge is 0.0759 e. The lowest BCUT2D eigenvalue weighted by molar-refractivity contribution is -0.000704. The minimum absolute atomic E-state index is 0.448.